The highest BCUT2D eigenvalue weighted by atomic mass is 16.2. The van der Waals surface area contributed by atoms with Crippen LogP contribution in [0.4, 0.5) is 11.5 Å². The van der Waals surface area contributed by atoms with E-state index < -0.39 is 0 Å². The molecule has 178 valence electrons. The number of rotatable bonds is 5. The van der Waals surface area contributed by atoms with Crippen molar-refractivity contribution in [3.8, 4) is 11.3 Å². The van der Waals surface area contributed by atoms with Crippen LogP contribution in [0.2, 0.25) is 0 Å². The fraction of sp³-hybridized carbons (Fsp3) is 0.240. The van der Waals surface area contributed by atoms with Crippen LogP contribution in [0.5, 0.6) is 0 Å². The number of nitrogen functional groups attached to an aromatic ring is 1. The van der Waals surface area contributed by atoms with E-state index in [-0.39, 0.29) is 24.1 Å². The van der Waals surface area contributed by atoms with Gasteiger partial charge in [-0.2, -0.15) is 5.10 Å². The smallest absolute Gasteiger partial charge is 0.274 e. The summed E-state index contributed by atoms with van der Waals surface area (Å²) in [5.41, 5.74) is 8.71. The van der Waals surface area contributed by atoms with Crippen LogP contribution in [0.3, 0.4) is 0 Å². The Bertz CT molecular complexity index is 1370. The standard InChI is InChI=1S/C25H26N8O2/c1-31-9-11-32(12-10-31)24(34)16-33-15-18-13-19(6-7-21(18)30-33)28-25(35)22-4-2-3-20(29-22)17-5-8-23(26)27-14-17/h2-8,13-15H,9-12,16H2,1H3,(H2,26,27)(H,28,35). The average Bonchev–Trinajstić information content (AvgIpc) is 3.26. The van der Waals surface area contributed by atoms with Crippen molar-refractivity contribution < 1.29 is 9.59 Å². The number of aromatic nitrogens is 4. The number of carbonyl (C=O) groups is 2. The first kappa shape index (κ1) is 22.5. The van der Waals surface area contributed by atoms with Crippen molar-refractivity contribution in [3.63, 3.8) is 0 Å². The number of hydrogen-bond donors (Lipinski definition) is 2. The van der Waals surface area contributed by atoms with Gasteiger partial charge in [-0.25, -0.2) is 9.97 Å². The fourth-order valence-electron chi connectivity index (χ4n) is 4.00. The van der Waals surface area contributed by atoms with Gasteiger partial charge in [0.2, 0.25) is 5.91 Å². The lowest BCUT2D eigenvalue weighted by molar-refractivity contribution is -0.133. The molecule has 1 aliphatic rings. The summed E-state index contributed by atoms with van der Waals surface area (Å²) >= 11 is 0. The Hall–Kier alpha value is -4.31. The summed E-state index contributed by atoms with van der Waals surface area (Å²) in [5.74, 6) is 0.152. The molecule has 1 aliphatic heterocycles. The van der Waals surface area contributed by atoms with E-state index in [1.54, 1.807) is 35.1 Å². The van der Waals surface area contributed by atoms with Gasteiger partial charge in [-0.3, -0.25) is 14.3 Å². The van der Waals surface area contributed by atoms with Gasteiger partial charge in [-0.05, 0) is 49.5 Å². The second-order valence-corrected chi connectivity index (χ2v) is 8.62. The Kier molecular flexibility index (Phi) is 6.11. The highest BCUT2D eigenvalue weighted by Crippen LogP contribution is 2.20. The van der Waals surface area contributed by atoms with E-state index in [0.29, 0.717) is 17.2 Å². The molecule has 1 aromatic carbocycles. The molecule has 4 heterocycles. The van der Waals surface area contributed by atoms with Crippen LogP contribution in [0, 0.1) is 0 Å². The monoisotopic (exact) mass is 470 g/mol. The summed E-state index contributed by atoms with van der Waals surface area (Å²) < 4.78 is 1.66. The maximum atomic E-state index is 12.9. The number of benzene rings is 1. The normalized spacial score (nSPS) is 14.3. The van der Waals surface area contributed by atoms with Gasteiger partial charge in [-0.15, -0.1) is 0 Å². The van der Waals surface area contributed by atoms with Crippen LogP contribution in [0.1, 0.15) is 10.5 Å². The Morgan fingerprint density at radius 2 is 1.89 bits per heavy atom. The molecule has 0 unspecified atom stereocenters. The molecule has 0 radical (unpaired) electrons. The predicted octanol–water partition coefficient (Wildman–Crippen LogP) is 2.10. The predicted molar refractivity (Wildman–Crippen MR) is 134 cm³/mol. The van der Waals surface area contributed by atoms with Crippen LogP contribution in [-0.2, 0) is 11.3 Å². The molecule has 35 heavy (non-hydrogen) atoms. The van der Waals surface area contributed by atoms with E-state index in [9.17, 15) is 9.59 Å². The van der Waals surface area contributed by atoms with E-state index in [2.05, 4.69) is 32.3 Å². The molecular formula is C25H26N8O2. The first-order chi connectivity index (χ1) is 16.9. The minimum Gasteiger partial charge on any atom is -0.384 e. The van der Waals surface area contributed by atoms with E-state index in [0.717, 1.165) is 42.6 Å². The molecule has 0 saturated carbocycles. The van der Waals surface area contributed by atoms with Crippen molar-refractivity contribution in [2.75, 3.05) is 44.3 Å². The van der Waals surface area contributed by atoms with Gasteiger partial charge in [0.05, 0.1) is 11.2 Å². The maximum absolute atomic E-state index is 12.9. The minimum absolute atomic E-state index is 0.0571. The number of amides is 2. The zero-order chi connectivity index (χ0) is 24.4. The number of likely N-dealkylation sites (N-methyl/N-ethyl adjacent to an activating group) is 1. The van der Waals surface area contributed by atoms with Crippen LogP contribution in [0.25, 0.3) is 22.2 Å². The average molecular weight is 471 g/mol. The SMILES string of the molecule is CN1CCN(C(=O)Cn2cc3cc(NC(=O)c4cccc(-c5ccc(N)nc5)n4)ccc3n2)CC1. The topological polar surface area (TPSA) is 122 Å². The molecule has 1 fully saturated rings. The number of nitrogens with one attached hydrogen (secondary N) is 1. The first-order valence-corrected chi connectivity index (χ1v) is 11.4. The molecule has 3 aromatic heterocycles. The molecule has 0 spiro atoms. The van der Waals surface area contributed by atoms with E-state index in [4.69, 9.17) is 5.73 Å². The highest BCUT2D eigenvalue weighted by molar-refractivity contribution is 6.04. The molecule has 0 bridgehead atoms. The van der Waals surface area contributed by atoms with Gasteiger partial charge < -0.3 is 20.9 Å². The third kappa shape index (κ3) is 5.12. The first-order valence-electron chi connectivity index (χ1n) is 11.4. The molecule has 0 atom stereocenters. The summed E-state index contributed by atoms with van der Waals surface area (Å²) in [4.78, 5) is 38.1. The van der Waals surface area contributed by atoms with Crippen LogP contribution < -0.4 is 11.1 Å². The zero-order valence-electron chi connectivity index (χ0n) is 19.4. The van der Waals surface area contributed by atoms with E-state index >= 15 is 0 Å². The maximum Gasteiger partial charge on any atom is 0.274 e. The minimum atomic E-state index is -0.327. The number of nitrogens with two attached hydrogens (primary N) is 1. The Balaban J connectivity index is 1.27. The number of piperazine rings is 1. The molecule has 4 aromatic rings. The Labute approximate surface area is 202 Å². The molecule has 5 rings (SSSR count). The van der Waals surface area contributed by atoms with Gasteiger partial charge in [0, 0.05) is 55.2 Å². The van der Waals surface area contributed by atoms with E-state index in [1.807, 2.05) is 35.4 Å². The number of hydrogen-bond acceptors (Lipinski definition) is 7. The molecule has 3 N–H and O–H groups in total. The third-order valence-electron chi connectivity index (χ3n) is 6.03. The second-order valence-electron chi connectivity index (χ2n) is 8.62. The lowest BCUT2D eigenvalue weighted by Gasteiger charge is -2.32. The number of anilines is 2. The van der Waals surface area contributed by atoms with Gasteiger partial charge in [0.25, 0.3) is 5.91 Å². The van der Waals surface area contributed by atoms with Crippen LogP contribution in [-0.4, -0.2) is 74.6 Å². The Morgan fingerprint density at radius 1 is 1.06 bits per heavy atom. The summed E-state index contributed by atoms with van der Waals surface area (Å²) in [6.45, 7) is 3.42. The van der Waals surface area contributed by atoms with Crippen molar-refractivity contribution >= 4 is 34.2 Å². The Morgan fingerprint density at radius 3 is 2.66 bits per heavy atom. The lowest BCUT2D eigenvalue weighted by atomic mass is 10.1. The van der Waals surface area contributed by atoms with Crippen molar-refractivity contribution in [1.82, 2.24) is 29.5 Å². The largest absolute Gasteiger partial charge is 0.384 e. The third-order valence-corrected chi connectivity index (χ3v) is 6.03. The molecule has 10 nitrogen and oxygen atoms in total. The lowest BCUT2D eigenvalue weighted by Crippen LogP contribution is -2.48. The van der Waals surface area contributed by atoms with Gasteiger partial charge in [-0.1, -0.05) is 6.07 Å². The molecule has 2 amide bonds. The second kappa shape index (κ2) is 9.51. The van der Waals surface area contributed by atoms with Gasteiger partial charge >= 0.3 is 0 Å². The number of nitrogens with zero attached hydrogens (tertiary/aromatic N) is 6. The summed E-state index contributed by atoms with van der Waals surface area (Å²) in [6, 6.07) is 14.2. The van der Waals surface area contributed by atoms with Gasteiger partial charge in [0.15, 0.2) is 0 Å². The molecular weight excluding hydrogens is 444 g/mol. The molecule has 10 heteroatoms. The highest BCUT2D eigenvalue weighted by Gasteiger charge is 2.19. The molecule has 1 saturated heterocycles. The van der Waals surface area contributed by atoms with Gasteiger partial charge in [0.1, 0.15) is 18.1 Å². The number of fused-ring (bicyclic) bond motifs is 1. The van der Waals surface area contributed by atoms with E-state index in [1.165, 1.54) is 0 Å². The van der Waals surface area contributed by atoms with Crippen molar-refractivity contribution in [3.05, 3.63) is 66.6 Å². The van der Waals surface area contributed by atoms with Crippen molar-refractivity contribution in [2.24, 2.45) is 0 Å². The summed E-state index contributed by atoms with van der Waals surface area (Å²) in [5, 5.41) is 8.24. The van der Waals surface area contributed by atoms with Crippen molar-refractivity contribution in [1.29, 1.82) is 0 Å². The number of carbonyl (C=O) groups excluding carboxylic acids is 2. The van der Waals surface area contributed by atoms with Crippen LogP contribution >= 0.6 is 0 Å². The zero-order valence-corrected chi connectivity index (χ0v) is 19.4. The fourth-order valence-corrected chi connectivity index (χ4v) is 4.00. The van der Waals surface area contributed by atoms with Crippen LogP contribution in [0.15, 0.2) is 60.9 Å². The summed E-state index contributed by atoms with van der Waals surface area (Å²) in [7, 11) is 2.06. The summed E-state index contributed by atoms with van der Waals surface area (Å²) in [6.07, 6.45) is 3.45. The van der Waals surface area contributed by atoms with Crippen molar-refractivity contribution in [2.45, 2.75) is 6.54 Å². The quantitative estimate of drug-likeness (QED) is 0.458. The molecule has 0 aliphatic carbocycles. The number of pyridine rings is 2.